The fourth-order valence-electron chi connectivity index (χ4n) is 2.15. The van der Waals surface area contributed by atoms with E-state index in [4.69, 9.17) is 11.6 Å². The third-order valence-electron chi connectivity index (χ3n) is 3.05. The maximum Gasteiger partial charge on any atom is 0.0795 e. The minimum absolute atomic E-state index is 0.735. The molecule has 0 fully saturated rings. The van der Waals surface area contributed by atoms with Crippen LogP contribution in [-0.4, -0.2) is 4.98 Å². The topological polar surface area (TPSA) is 12.9 Å². The van der Waals surface area contributed by atoms with E-state index in [2.05, 4.69) is 30.1 Å². The van der Waals surface area contributed by atoms with Crippen LogP contribution in [0.15, 0.2) is 54.7 Å². The molecule has 1 heterocycles. The molecule has 0 saturated heterocycles. The van der Waals surface area contributed by atoms with Crippen molar-refractivity contribution in [3.8, 4) is 11.3 Å². The van der Waals surface area contributed by atoms with Crippen LogP contribution in [0.1, 0.15) is 5.56 Å². The normalized spacial score (nSPS) is 10.8. The fourth-order valence-corrected chi connectivity index (χ4v) is 2.38. The van der Waals surface area contributed by atoms with E-state index in [0.29, 0.717) is 0 Å². The van der Waals surface area contributed by atoms with E-state index < -0.39 is 0 Å². The van der Waals surface area contributed by atoms with Gasteiger partial charge < -0.3 is 0 Å². The van der Waals surface area contributed by atoms with Gasteiger partial charge in [0.15, 0.2) is 0 Å². The molecule has 0 aliphatic rings. The van der Waals surface area contributed by atoms with Crippen molar-refractivity contribution in [3.63, 3.8) is 0 Å². The van der Waals surface area contributed by atoms with Crippen molar-refractivity contribution in [2.24, 2.45) is 0 Å². The highest BCUT2D eigenvalue weighted by atomic mass is 35.5. The number of halogens is 1. The fraction of sp³-hybridized carbons (Fsp3) is 0.0625. The standard InChI is InChI=1S/C16H12ClN/c1-11-6-7-12-8-9-18-16(14(12)10-11)13-4-2-3-5-15(13)17/h2-10H,1H3. The summed E-state index contributed by atoms with van der Waals surface area (Å²) in [5.74, 6) is 0. The van der Waals surface area contributed by atoms with Crippen LogP contribution in [0.5, 0.6) is 0 Å². The number of nitrogens with zero attached hydrogens (tertiary/aromatic N) is 1. The van der Waals surface area contributed by atoms with Crippen molar-refractivity contribution in [2.45, 2.75) is 6.92 Å². The van der Waals surface area contributed by atoms with Gasteiger partial charge >= 0.3 is 0 Å². The summed E-state index contributed by atoms with van der Waals surface area (Å²) in [5, 5.41) is 3.06. The predicted molar refractivity (Wildman–Crippen MR) is 76.9 cm³/mol. The van der Waals surface area contributed by atoms with Gasteiger partial charge in [-0.15, -0.1) is 0 Å². The molecule has 0 aliphatic heterocycles. The Bertz CT molecular complexity index is 719. The zero-order chi connectivity index (χ0) is 12.5. The number of aromatic nitrogens is 1. The van der Waals surface area contributed by atoms with Crippen molar-refractivity contribution >= 4 is 22.4 Å². The Labute approximate surface area is 111 Å². The summed E-state index contributed by atoms with van der Waals surface area (Å²) in [6.07, 6.45) is 1.83. The maximum absolute atomic E-state index is 6.26. The molecule has 0 spiro atoms. The van der Waals surface area contributed by atoms with Crippen LogP contribution in [0, 0.1) is 6.92 Å². The van der Waals surface area contributed by atoms with Gasteiger partial charge in [0.1, 0.15) is 0 Å². The largest absolute Gasteiger partial charge is 0.256 e. The smallest absolute Gasteiger partial charge is 0.0795 e. The second-order valence-corrected chi connectivity index (χ2v) is 4.77. The second-order valence-electron chi connectivity index (χ2n) is 4.36. The molecule has 3 aromatic rings. The predicted octanol–water partition coefficient (Wildman–Crippen LogP) is 4.86. The molecule has 88 valence electrons. The molecule has 1 nitrogen and oxygen atoms in total. The molecule has 0 amide bonds. The van der Waals surface area contributed by atoms with E-state index in [9.17, 15) is 0 Å². The van der Waals surface area contributed by atoms with Crippen LogP contribution >= 0.6 is 11.6 Å². The van der Waals surface area contributed by atoms with Crippen molar-refractivity contribution in [1.82, 2.24) is 4.98 Å². The van der Waals surface area contributed by atoms with E-state index >= 15 is 0 Å². The molecule has 0 unspecified atom stereocenters. The second kappa shape index (κ2) is 4.43. The lowest BCUT2D eigenvalue weighted by molar-refractivity contribution is 1.35. The molecule has 0 saturated carbocycles. The van der Waals surface area contributed by atoms with Gasteiger partial charge in [-0.1, -0.05) is 47.5 Å². The number of hydrogen-bond acceptors (Lipinski definition) is 1. The Balaban J connectivity index is 2.36. The van der Waals surface area contributed by atoms with Gasteiger partial charge in [-0.2, -0.15) is 0 Å². The number of benzene rings is 2. The SMILES string of the molecule is Cc1ccc2ccnc(-c3ccccc3Cl)c2c1. The highest BCUT2D eigenvalue weighted by molar-refractivity contribution is 6.33. The Hall–Kier alpha value is -1.86. The minimum Gasteiger partial charge on any atom is -0.256 e. The zero-order valence-corrected chi connectivity index (χ0v) is 10.8. The molecule has 1 aromatic heterocycles. The first-order chi connectivity index (χ1) is 8.75. The number of rotatable bonds is 1. The molecule has 0 bridgehead atoms. The van der Waals surface area contributed by atoms with Crippen molar-refractivity contribution in [1.29, 1.82) is 0 Å². The van der Waals surface area contributed by atoms with Crippen molar-refractivity contribution in [3.05, 3.63) is 65.3 Å². The molecular weight excluding hydrogens is 242 g/mol. The first-order valence-electron chi connectivity index (χ1n) is 5.86. The van der Waals surface area contributed by atoms with E-state index in [1.54, 1.807) is 0 Å². The van der Waals surface area contributed by atoms with Crippen molar-refractivity contribution in [2.75, 3.05) is 0 Å². The van der Waals surface area contributed by atoms with Gasteiger partial charge in [-0.05, 0) is 30.5 Å². The molecule has 0 radical (unpaired) electrons. The molecule has 18 heavy (non-hydrogen) atoms. The lowest BCUT2D eigenvalue weighted by Gasteiger charge is -2.08. The van der Waals surface area contributed by atoms with Crippen LogP contribution in [-0.2, 0) is 0 Å². The first kappa shape index (κ1) is 11.2. The van der Waals surface area contributed by atoms with E-state index in [0.717, 1.165) is 21.7 Å². The summed E-state index contributed by atoms with van der Waals surface area (Å²) in [6.45, 7) is 2.09. The Kier molecular flexibility index (Phi) is 2.77. The van der Waals surface area contributed by atoms with Gasteiger partial charge in [0.05, 0.1) is 5.69 Å². The molecule has 3 rings (SSSR count). The molecule has 2 aromatic carbocycles. The highest BCUT2D eigenvalue weighted by Gasteiger charge is 2.08. The molecular formula is C16H12ClN. The van der Waals surface area contributed by atoms with Gasteiger partial charge in [0.25, 0.3) is 0 Å². The molecule has 0 N–H and O–H groups in total. The van der Waals surface area contributed by atoms with Gasteiger partial charge in [0.2, 0.25) is 0 Å². The Morgan fingerprint density at radius 1 is 1.00 bits per heavy atom. The lowest BCUT2D eigenvalue weighted by Crippen LogP contribution is -1.87. The average Bonchev–Trinajstić information content (AvgIpc) is 2.39. The Morgan fingerprint density at radius 2 is 1.83 bits per heavy atom. The highest BCUT2D eigenvalue weighted by Crippen LogP contribution is 2.31. The summed E-state index contributed by atoms with van der Waals surface area (Å²) >= 11 is 6.26. The monoisotopic (exact) mass is 253 g/mol. The number of hydrogen-bond donors (Lipinski definition) is 0. The quantitative estimate of drug-likeness (QED) is 0.603. The van der Waals surface area contributed by atoms with Crippen LogP contribution in [0.4, 0.5) is 0 Å². The summed E-state index contributed by atoms with van der Waals surface area (Å²) in [4.78, 5) is 4.49. The third-order valence-corrected chi connectivity index (χ3v) is 3.38. The van der Waals surface area contributed by atoms with Gasteiger partial charge in [-0.3, -0.25) is 4.98 Å². The summed E-state index contributed by atoms with van der Waals surface area (Å²) in [5.41, 5.74) is 3.15. The third kappa shape index (κ3) is 1.87. The number of pyridine rings is 1. The van der Waals surface area contributed by atoms with Gasteiger partial charge in [0, 0.05) is 22.2 Å². The van der Waals surface area contributed by atoms with Crippen LogP contribution in [0.25, 0.3) is 22.0 Å². The van der Waals surface area contributed by atoms with E-state index in [-0.39, 0.29) is 0 Å². The van der Waals surface area contributed by atoms with Gasteiger partial charge in [-0.25, -0.2) is 0 Å². The van der Waals surface area contributed by atoms with Crippen LogP contribution < -0.4 is 0 Å². The van der Waals surface area contributed by atoms with E-state index in [1.165, 1.54) is 10.9 Å². The summed E-state index contributed by atoms with van der Waals surface area (Å²) < 4.78 is 0. The summed E-state index contributed by atoms with van der Waals surface area (Å²) in [7, 11) is 0. The number of fused-ring (bicyclic) bond motifs is 1. The molecule has 0 aliphatic carbocycles. The molecule has 0 atom stereocenters. The number of aryl methyl sites for hydroxylation is 1. The average molecular weight is 254 g/mol. The summed E-state index contributed by atoms with van der Waals surface area (Å²) in [6, 6.07) is 16.2. The minimum atomic E-state index is 0.735. The van der Waals surface area contributed by atoms with Crippen LogP contribution in [0.2, 0.25) is 5.02 Å². The van der Waals surface area contributed by atoms with E-state index in [1.807, 2.05) is 36.5 Å². The molecule has 2 heteroatoms. The lowest BCUT2D eigenvalue weighted by atomic mass is 10.0. The van der Waals surface area contributed by atoms with Crippen LogP contribution in [0.3, 0.4) is 0 Å². The Morgan fingerprint density at radius 3 is 2.67 bits per heavy atom. The maximum atomic E-state index is 6.26. The zero-order valence-electron chi connectivity index (χ0n) is 10.0. The first-order valence-corrected chi connectivity index (χ1v) is 6.24. The van der Waals surface area contributed by atoms with Crippen molar-refractivity contribution < 1.29 is 0 Å².